The number of rotatable bonds is 1. The highest BCUT2D eigenvalue weighted by Gasteiger charge is 2.17. The number of aromatic nitrogens is 1. The van der Waals surface area contributed by atoms with Crippen molar-refractivity contribution in [1.29, 1.82) is 0 Å². The van der Waals surface area contributed by atoms with Gasteiger partial charge in [-0.15, -0.1) is 0 Å². The van der Waals surface area contributed by atoms with E-state index in [4.69, 9.17) is 0 Å². The van der Waals surface area contributed by atoms with Crippen LogP contribution >= 0.6 is 22.6 Å². The third kappa shape index (κ3) is 2.59. The summed E-state index contributed by atoms with van der Waals surface area (Å²) in [5, 5.41) is 0. The molecule has 1 aliphatic rings. The van der Waals surface area contributed by atoms with E-state index in [9.17, 15) is 4.39 Å². The molecule has 0 N–H and O–H groups in total. The van der Waals surface area contributed by atoms with Crippen molar-refractivity contribution in [1.82, 2.24) is 4.98 Å². The fourth-order valence-corrected chi connectivity index (χ4v) is 2.11. The SMILES string of the molecule is CC1CCN(c2cc(F)c(I)cn2)CC1. The Morgan fingerprint density at radius 3 is 2.73 bits per heavy atom. The van der Waals surface area contributed by atoms with Gasteiger partial charge >= 0.3 is 0 Å². The Kier molecular flexibility index (Phi) is 3.43. The molecular weight excluding hydrogens is 306 g/mol. The average molecular weight is 320 g/mol. The minimum Gasteiger partial charge on any atom is -0.357 e. The molecule has 4 heteroatoms. The molecule has 0 aliphatic carbocycles. The van der Waals surface area contributed by atoms with Crippen LogP contribution in [0.4, 0.5) is 10.2 Å². The molecule has 0 amide bonds. The zero-order valence-corrected chi connectivity index (χ0v) is 10.9. The maximum atomic E-state index is 13.3. The molecular formula is C11H14FIN2. The Bertz CT molecular complexity index is 348. The normalized spacial score (nSPS) is 18.2. The standard InChI is InChI=1S/C11H14FIN2/c1-8-2-4-15(5-3-8)11-6-9(12)10(13)7-14-11/h6-8H,2-5H2,1H3. The predicted molar refractivity (Wildman–Crippen MR) is 67.5 cm³/mol. The highest BCUT2D eigenvalue weighted by atomic mass is 127. The van der Waals surface area contributed by atoms with Crippen molar-refractivity contribution in [2.24, 2.45) is 5.92 Å². The van der Waals surface area contributed by atoms with Gasteiger partial charge in [-0.05, 0) is 41.4 Å². The van der Waals surface area contributed by atoms with Crippen LogP contribution in [0.15, 0.2) is 12.3 Å². The van der Waals surface area contributed by atoms with E-state index in [-0.39, 0.29) is 5.82 Å². The molecule has 1 fully saturated rings. The predicted octanol–water partition coefficient (Wildman–Crippen LogP) is 3.06. The Morgan fingerprint density at radius 2 is 2.13 bits per heavy atom. The fraction of sp³-hybridized carbons (Fsp3) is 0.545. The summed E-state index contributed by atoms with van der Waals surface area (Å²) < 4.78 is 13.9. The van der Waals surface area contributed by atoms with Gasteiger partial charge in [0.2, 0.25) is 0 Å². The van der Waals surface area contributed by atoms with Crippen LogP contribution in [0.2, 0.25) is 0 Å². The zero-order chi connectivity index (χ0) is 10.8. The largest absolute Gasteiger partial charge is 0.357 e. The third-order valence-corrected chi connectivity index (χ3v) is 3.70. The fourth-order valence-electron chi connectivity index (χ4n) is 1.81. The molecule has 1 aliphatic heterocycles. The van der Waals surface area contributed by atoms with Gasteiger partial charge in [0.15, 0.2) is 0 Å². The first kappa shape index (κ1) is 11.1. The smallest absolute Gasteiger partial charge is 0.141 e. The van der Waals surface area contributed by atoms with Crippen LogP contribution in [0.3, 0.4) is 0 Å². The molecule has 0 bridgehead atoms. The van der Waals surface area contributed by atoms with Gasteiger partial charge in [-0.2, -0.15) is 0 Å². The van der Waals surface area contributed by atoms with Crippen molar-refractivity contribution in [2.75, 3.05) is 18.0 Å². The Labute approximate surface area is 103 Å². The first-order valence-electron chi connectivity index (χ1n) is 5.23. The van der Waals surface area contributed by atoms with Crippen molar-refractivity contribution in [3.05, 3.63) is 21.7 Å². The Hall–Kier alpha value is -0.390. The van der Waals surface area contributed by atoms with E-state index in [0.717, 1.165) is 24.8 Å². The van der Waals surface area contributed by atoms with E-state index in [1.54, 1.807) is 6.20 Å². The molecule has 15 heavy (non-hydrogen) atoms. The van der Waals surface area contributed by atoms with Crippen LogP contribution in [0.1, 0.15) is 19.8 Å². The van der Waals surface area contributed by atoms with Crippen molar-refractivity contribution in [3.63, 3.8) is 0 Å². The van der Waals surface area contributed by atoms with Gasteiger partial charge in [0.05, 0.1) is 3.57 Å². The zero-order valence-electron chi connectivity index (χ0n) is 8.71. The van der Waals surface area contributed by atoms with E-state index < -0.39 is 0 Å². The highest BCUT2D eigenvalue weighted by Crippen LogP contribution is 2.22. The van der Waals surface area contributed by atoms with Crippen molar-refractivity contribution >= 4 is 28.4 Å². The van der Waals surface area contributed by atoms with Gasteiger partial charge in [-0.3, -0.25) is 0 Å². The maximum absolute atomic E-state index is 13.3. The van der Waals surface area contributed by atoms with Crippen LogP contribution in [-0.2, 0) is 0 Å². The van der Waals surface area contributed by atoms with Crippen LogP contribution in [0.25, 0.3) is 0 Å². The van der Waals surface area contributed by atoms with Crippen molar-refractivity contribution < 1.29 is 4.39 Å². The van der Waals surface area contributed by atoms with E-state index in [1.165, 1.54) is 18.9 Å². The van der Waals surface area contributed by atoms with Crippen LogP contribution < -0.4 is 4.90 Å². The summed E-state index contributed by atoms with van der Waals surface area (Å²) in [6.07, 6.45) is 3.95. The van der Waals surface area contributed by atoms with Gasteiger partial charge in [0.1, 0.15) is 11.6 Å². The van der Waals surface area contributed by atoms with Gasteiger partial charge in [0.25, 0.3) is 0 Å². The van der Waals surface area contributed by atoms with Crippen molar-refractivity contribution in [3.8, 4) is 0 Å². The van der Waals surface area contributed by atoms with E-state index in [2.05, 4.69) is 16.8 Å². The van der Waals surface area contributed by atoms with Crippen LogP contribution in [0, 0.1) is 15.3 Å². The Morgan fingerprint density at radius 1 is 1.47 bits per heavy atom. The van der Waals surface area contributed by atoms with Gasteiger partial charge in [-0.1, -0.05) is 6.92 Å². The number of nitrogens with zero attached hydrogens (tertiary/aromatic N) is 2. The first-order chi connectivity index (χ1) is 7.16. The monoisotopic (exact) mass is 320 g/mol. The number of anilines is 1. The molecule has 82 valence electrons. The molecule has 0 aromatic carbocycles. The minimum absolute atomic E-state index is 0.167. The number of pyridine rings is 1. The average Bonchev–Trinajstić information content (AvgIpc) is 2.23. The van der Waals surface area contributed by atoms with E-state index in [0.29, 0.717) is 3.57 Å². The highest BCUT2D eigenvalue weighted by molar-refractivity contribution is 14.1. The molecule has 0 unspecified atom stereocenters. The molecule has 1 aromatic heterocycles. The van der Waals surface area contributed by atoms with E-state index >= 15 is 0 Å². The second-order valence-electron chi connectivity index (χ2n) is 4.13. The lowest BCUT2D eigenvalue weighted by Crippen LogP contribution is -2.33. The Balaban J connectivity index is 2.12. The minimum atomic E-state index is -0.167. The molecule has 2 nitrogen and oxygen atoms in total. The molecule has 1 aromatic rings. The summed E-state index contributed by atoms with van der Waals surface area (Å²) in [6.45, 7) is 4.25. The third-order valence-electron chi connectivity index (χ3n) is 2.90. The number of hydrogen-bond acceptors (Lipinski definition) is 2. The molecule has 2 heterocycles. The summed E-state index contributed by atoms with van der Waals surface area (Å²) in [5.41, 5.74) is 0. The lowest BCUT2D eigenvalue weighted by Gasteiger charge is -2.31. The summed E-state index contributed by atoms with van der Waals surface area (Å²) >= 11 is 1.96. The molecule has 0 radical (unpaired) electrons. The summed E-state index contributed by atoms with van der Waals surface area (Å²) in [4.78, 5) is 6.43. The van der Waals surface area contributed by atoms with Gasteiger partial charge in [-0.25, -0.2) is 9.37 Å². The topological polar surface area (TPSA) is 16.1 Å². The van der Waals surface area contributed by atoms with Crippen LogP contribution in [0.5, 0.6) is 0 Å². The molecule has 0 atom stereocenters. The summed E-state index contributed by atoms with van der Waals surface area (Å²) in [6, 6.07) is 1.54. The van der Waals surface area contributed by atoms with Gasteiger partial charge < -0.3 is 4.90 Å². The lowest BCUT2D eigenvalue weighted by molar-refractivity contribution is 0.436. The molecule has 0 spiro atoms. The number of hydrogen-bond donors (Lipinski definition) is 0. The summed E-state index contributed by atoms with van der Waals surface area (Å²) in [5.74, 6) is 1.40. The molecule has 0 saturated carbocycles. The van der Waals surface area contributed by atoms with Gasteiger partial charge in [0, 0.05) is 25.4 Å². The van der Waals surface area contributed by atoms with Crippen LogP contribution in [-0.4, -0.2) is 18.1 Å². The van der Waals surface area contributed by atoms with E-state index in [1.807, 2.05) is 22.6 Å². The molecule has 2 rings (SSSR count). The second-order valence-corrected chi connectivity index (χ2v) is 5.29. The molecule has 1 saturated heterocycles. The second kappa shape index (κ2) is 4.63. The van der Waals surface area contributed by atoms with Crippen molar-refractivity contribution in [2.45, 2.75) is 19.8 Å². The first-order valence-corrected chi connectivity index (χ1v) is 6.30. The lowest BCUT2D eigenvalue weighted by atomic mass is 9.99. The maximum Gasteiger partial charge on any atom is 0.141 e. The summed E-state index contributed by atoms with van der Waals surface area (Å²) in [7, 11) is 0. The quantitative estimate of drug-likeness (QED) is 0.740. The number of halogens is 2. The number of piperidine rings is 1.